The van der Waals surface area contributed by atoms with Crippen molar-refractivity contribution >= 4 is 6.41 Å². The summed E-state index contributed by atoms with van der Waals surface area (Å²) in [6.45, 7) is 7.33. The van der Waals surface area contributed by atoms with Crippen LogP contribution >= 0.6 is 0 Å². The molecule has 2 fully saturated rings. The van der Waals surface area contributed by atoms with Crippen LogP contribution in [0.25, 0.3) is 0 Å². The van der Waals surface area contributed by atoms with Gasteiger partial charge in [0.25, 0.3) is 0 Å². The number of amides is 1. The molecular weight excluding hydrogens is 382 g/mol. The minimum atomic E-state index is 0.361. The number of carbonyl (C=O) groups excluding carboxylic acids is 1. The van der Waals surface area contributed by atoms with Crippen LogP contribution in [0, 0.1) is 25.7 Å². The van der Waals surface area contributed by atoms with Gasteiger partial charge in [-0.2, -0.15) is 5.10 Å². The van der Waals surface area contributed by atoms with Crippen LogP contribution in [0.4, 0.5) is 0 Å². The molecule has 31 heavy (non-hydrogen) atoms. The Morgan fingerprint density at radius 1 is 0.968 bits per heavy atom. The Morgan fingerprint density at radius 2 is 1.55 bits per heavy atom. The van der Waals surface area contributed by atoms with Gasteiger partial charge in [0, 0.05) is 18.3 Å². The number of fused-ring (bicyclic) bond motifs is 1. The second kappa shape index (κ2) is 13.6. The average molecular weight is 428 g/mol. The summed E-state index contributed by atoms with van der Waals surface area (Å²) in [5.41, 5.74) is 4.47. The van der Waals surface area contributed by atoms with Gasteiger partial charge in [-0.1, -0.05) is 38.5 Å². The molecule has 1 aromatic rings. The lowest BCUT2D eigenvalue weighted by Gasteiger charge is -2.29. The summed E-state index contributed by atoms with van der Waals surface area (Å²) < 4.78 is 2.41. The number of rotatable bonds is 5. The maximum absolute atomic E-state index is 10.7. The number of terminal acetylenes is 1. The Balaban J connectivity index is 0.000000209. The molecule has 0 radical (unpaired) electrons. The van der Waals surface area contributed by atoms with Gasteiger partial charge in [0.15, 0.2) is 0 Å². The van der Waals surface area contributed by atoms with Gasteiger partial charge < -0.3 is 4.90 Å². The van der Waals surface area contributed by atoms with Crippen molar-refractivity contribution in [3.8, 4) is 12.8 Å². The van der Waals surface area contributed by atoms with Crippen molar-refractivity contribution in [1.82, 2.24) is 14.7 Å². The van der Waals surface area contributed by atoms with Gasteiger partial charge in [-0.25, -0.2) is 0 Å². The maximum atomic E-state index is 10.7. The predicted molar refractivity (Wildman–Crippen MR) is 130 cm³/mol. The molecule has 0 unspecified atom stereocenters. The Labute approximate surface area is 191 Å². The lowest BCUT2D eigenvalue weighted by Crippen LogP contribution is -2.34. The first kappa shape index (κ1) is 25.5. The molecule has 1 amide bonds. The van der Waals surface area contributed by atoms with Crippen LogP contribution in [0.3, 0.4) is 0 Å². The molecule has 0 N–H and O–H groups in total. The number of hydrogen-bond acceptors (Lipinski definition) is 2. The van der Waals surface area contributed by atoms with E-state index in [2.05, 4.69) is 38.3 Å². The molecule has 1 heterocycles. The topological polar surface area (TPSA) is 38.1 Å². The SMILES string of the molecule is C#C.CC(C)N(C=O)CC1CCCCC1.Cc1nn(C2CCCCC2)c2c1CCCC2. The van der Waals surface area contributed by atoms with E-state index in [1.54, 1.807) is 11.3 Å². The predicted octanol–water partition coefficient (Wildman–Crippen LogP) is 6.26. The highest BCUT2D eigenvalue weighted by atomic mass is 16.1. The summed E-state index contributed by atoms with van der Waals surface area (Å²) in [6.07, 6.45) is 27.9. The molecule has 0 spiro atoms. The van der Waals surface area contributed by atoms with E-state index in [4.69, 9.17) is 5.10 Å². The van der Waals surface area contributed by atoms with Gasteiger partial charge >= 0.3 is 0 Å². The zero-order valence-electron chi connectivity index (χ0n) is 20.3. The first-order chi connectivity index (χ1) is 15.1. The molecule has 1 aromatic heterocycles. The standard InChI is InChI=1S/C14H22N2.C11H21NO.C2H2/c1-11-13-9-5-6-10-14(13)16(15-11)12-7-3-2-4-8-12;1-10(2)12(9-13)8-11-6-4-3-5-7-11;1-2/h12H,2-10H2,1H3;9-11H,3-8H2,1-2H3;1-2H. The largest absolute Gasteiger partial charge is 0.343 e. The monoisotopic (exact) mass is 427 g/mol. The third-order valence-electron chi connectivity index (χ3n) is 7.32. The summed E-state index contributed by atoms with van der Waals surface area (Å²) in [5.74, 6) is 0.765. The molecular formula is C27H45N3O. The van der Waals surface area contributed by atoms with Gasteiger partial charge in [-0.3, -0.25) is 9.48 Å². The van der Waals surface area contributed by atoms with Crippen molar-refractivity contribution in [3.05, 3.63) is 17.0 Å². The highest BCUT2D eigenvalue weighted by Gasteiger charge is 2.24. The molecule has 3 aliphatic rings. The third-order valence-corrected chi connectivity index (χ3v) is 7.32. The lowest BCUT2D eigenvalue weighted by atomic mass is 9.89. The van der Waals surface area contributed by atoms with E-state index in [-0.39, 0.29) is 0 Å². The van der Waals surface area contributed by atoms with Crippen LogP contribution in [0.1, 0.15) is 114 Å². The number of carbonyl (C=O) groups is 1. The highest BCUT2D eigenvalue weighted by Crippen LogP contribution is 2.33. The molecule has 0 atom stereocenters. The van der Waals surface area contributed by atoms with E-state index >= 15 is 0 Å². The molecule has 4 heteroatoms. The van der Waals surface area contributed by atoms with Crippen molar-refractivity contribution in [2.45, 2.75) is 123 Å². The zero-order valence-corrected chi connectivity index (χ0v) is 20.3. The molecule has 0 saturated heterocycles. The van der Waals surface area contributed by atoms with Crippen LogP contribution in [0.5, 0.6) is 0 Å². The fourth-order valence-electron chi connectivity index (χ4n) is 5.49. The molecule has 3 aliphatic carbocycles. The number of hydrogen-bond donors (Lipinski definition) is 0. The molecule has 0 aliphatic heterocycles. The van der Waals surface area contributed by atoms with E-state index in [9.17, 15) is 4.79 Å². The minimum absolute atomic E-state index is 0.361. The van der Waals surface area contributed by atoms with Gasteiger partial charge in [0.05, 0.1) is 11.7 Å². The van der Waals surface area contributed by atoms with E-state index < -0.39 is 0 Å². The fourth-order valence-corrected chi connectivity index (χ4v) is 5.49. The van der Waals surface area contributed by atoms with Crippen molar-refractivity contribution in [2.24, 2.45) is 5.92 Å². The van der Waals surface area contributed by atoms with Gasteiger partial charge in [0.1, 0.15) is 0 Å². The van der Waals surface area contributed by atoms with Gasteiger partial charge in [-0.05, 0) is 83.6 Å². The first-order valence-corrected chi connectivity index (χ1v) is 12.7. The Kier molecular flexibility index (Phi) is 11.2. The summed E-state index contributed by atoms with van der Waals surface area (Å²) >= 11 is 0. The van der Waals surface area contributed by atoms with Crippen molar-refractivity contribution in [3.63, 3.8) is 0 Å². The van der Waals surface area contributed by atoms with E-state index in [1.807, 2.05) is 4.90 Å². The summed E-state index contributed by atoms with van der Waals surface area (Å²) in [7, 11) is 0. The summed E-state index contributed by atoms with van der Waals surface area (Å²) in [6, 6.07) is 1.08. The van der Waals surface area contributed by atoms with E-state index in [0.717, 1.165) is 18.9 Å². The van der Waals surface area contributed by atoms with Crippen molar-refractivity contribution in [2.75, 3.05) is 6.54 Å². The van der Waals surface area contributed by atoms with Gasteiger partial charge in [0.2, 0.25) is 6.41 Å². The Hall–Kier alpha value is -1.76. The second-order valence-electron chi connectivity index (χ2n) is 9.85. The number of aryl methyl sites for hydroxylation is 1. The van der Waals surface area contributed by atoms with Crippen LogP contribution in [0.2, 0.25) is 0 Å². The van der Waals surface area contributed by atoms with Crippen LogP contribution in [-0.2, 0) is 17.6 Å². The first-order valence-electron chi connectivity index (χ1n) is 12.7. The van der Waals surface area contributed by atoms with Crippen LogP contribution in [0.15, 0.2) is 0 Å². The normalized spacial score (nSPS) is 19.4. The highest BCUT2D eigenvalue weighted by molar-refractivity contribution is 5.47. The van der Waals surface area contributed by atoms with E-state index in [0.29, 0.717) is 12.1 Å². The Morgan fingerprint density at radius 3 is 2.13 bits per heavy atom. The third kappa shape index (κ3) is 7.41. The second-order valence-corrected chi connectivity index (χ2v) is 9.85. The molecule has 2 saturated carbocycles. The van der Waals surface area contributed by atoms with E-state index in [1.165, 1.54) is 95.6 Å². The molecule has 4 nitrogen and oxygen atoms in total. The maximum Gasteiger partial charge on any atom is 0.209 e. The minimum Gasteiger partial charge on any atom is -0.343 e. The number of aromatic nitrogens is 2. The van der Waals surface area contributed by atoms with Crippen LogP contribution < -0.4 is 0 Å². The van der Waals surface area contributed by atoms with Gasteiger partial charge in [-0.15, -0.1) is 12.8 Å². The van der Waals surface area contributed by atoms with Crippen molar-refractivity contribution < 1.29 is 4.79 Å². The quantitative estimate of drug-likeness (QED) is 0.411. The zero-order chi connectivity index (χ0) is 22.6. The van der Waals surface area contributed by atoms with Crippen molar-refractivity contribution in [1.29, 1.82) is 0 Å². The van der Waals surface area contributed by atoms with Crippen LogP contribution in [-0.4, -0.2) is 33.7 Å². The molecule has 0 bridgehead atoms. The summed E-state index contributed by atoms with van der Waals surface area (Å²) in [5, 5.41) is 4.83. The fraction of sp³-hybridized carbons (Fsp3) is 0.778. The summed E-state index contributed by atoms with van der Waals surface area (Å²) in [4.78, 5) is 12.7. The molecule has 174 valence electrons. The number of nitrogens with zero attached hydrogens (tertiary/aromatic N) is 3. The molecule has 4 rings (SSSR count). The smallest absolute Gasteiger partial charge is 0.209 e. The lowest BCUT2D eigenvalue weighted by molar-refractivity contribution is -0.120. The average Bonchev–Trinajstić information content (AvgIpc) is 3.17. The molecule has 0 aromatic carbocycles. The Bertz CT molecular complexity index is 664.